The quantitative estimate of drug-likeness (QED) is 0.732. The minimum atomic E-state index is -0.137. The molecule has 0 radical (unpaired) electrons. The minimum Gasteiger partial charge on any atom is -0.494 e. The van der Waals surface area contributed by atoms with E-state index in [0.29, 0.717) is 24.7 Å². The van der Waals surface area contributed by atoms with Gasteiger partial charge < -0.3 is 20.1 Å². The Bertz CT molecular complexity index is 659. The first-order valence-corrected chi connectivity index (χ1v) is 8.21. The SMILES string of the molecule is CCCOc1cccc(NCC(=O)Nc2ccccc2OCC)c1. The fourth-order valence-electron chi connectivity index (χ4n) is 2.14. The van der Waals surface area contributed by atoms with E-state index in [0.717, 1.165) is 17.9 Å². The van der Waals surface area contributed by atoms with Gasteiger partial charge in [-0.3, -0.25) is 4.79 Å². The predicted molar refractivity (Wildman–Crippen MR) is 97.0 cm³/mol. The number of carbonyl (C=O) groups is 1. The van der Waals surface area contributed by atoms with E-state index in [4.69, 9.17) is 9.47 Å². The van der Waals surface area contributed by atoms with E-state index in [1.807, 2.05) is 55.5 Å². The van der Waals surface area contributed by atoms with Crippen molar-refractivity contribution < 1.29 is 14.3 Å². The first kappa shape index (κ1) is 17.7. The number of hydrogen-bond donors (Lipinski definition) is 2. The van der Waals surface area contributed by atoms with Gasteiger partial charge in [0.1, 0.15) is 11.5 Å². The molecule has 2 aromatic carbocycles. The maximum atomic E-state index is 12.1. The van der Waals surface area contributed by atoms with Crippen molar-refractivity contribution >= 4 is 17.3 Å². The van der Waals surface area contributed by atoms with Crippen LogP contribution in [0.5, 0.6) is 11.5 Å². The topological polar surface area (TPSA) is 59.6 Å². The van der Waals surface area contributed by atoms with Crippen molar-refractivity contribution in [1.82, 2.24) is 0 Å². The monoisotopic (exact) mass is 328 g/mol. The molecule has 5 heteroatoms. The summed E-state index contributed by atoms with van der Waals surface area (Å²) in [5, 5.41) is 5.96. The summed E-state index contributed by atoms with van der Waals surface area (Å²) < 4.78 is 11.1. The zero-order chi connectivity index (χ0) is 17.2. The Labute approximate surface area is 143 Å². The maximum absolute atomic E-state index is 12.1. The van der Waals surface area contributed by atoms with Gasteiger partial charge in [-0.1, -0.05) is 25.1 Å². The van der Waals surface area contributed by atoms with E-state index in [-0.39, 0.29) is 12.5 Å². The molecule has 128 valence electrons. The van der Waals surface area contributed by atoms with E-state index in [9.17, 15) is 4.79 Å². The van der Waals surface area contributed by atoms with Gasteiger partial charge in [0, 0.05) is 11.8 Å². The summed E-state index contributed by atoms with van der Waals surface area (Å²) in [6.07, 6.45) is 0.958. The van der Waals surface area contributed by atoms with Crippen molar-refractivity contribution in [2.24, 2.45) is 0 Å². The summed E-state index contributed by atoms with van der Waals surface area (Å²) in [6.45, 7) is 5.37. The van der Waals surface area contributed by atoms with Crippen LogP contribution < -0.4 is 20.1 Å². The first-order valence-electron chi connectivity index (χ1n) is 8.21. The van der Waals surface area contributed by atoms with Gasteiger partial charge in [0.15, 0.2) is 0 Å². The Morgan fingerprint density at radius 1 is 1.04 bits per heavy atom. The van der Waals surface area contributed by atoms with Gasteiger partial charge in [-0.05, 0) is 37.6 Å². The highest BCUT2D eigenvalue weighted by Gasteiger charge is 2.07. The molecular weight excluding hydrogens is 304 g/mol. The predicted octanol–water partition coefficient (Wildman–Crippen LogP) is 3.92. The van der Waals surface area contributed by atoms with Crippen LogP contribution in [-0.4, -0.2) is 25.7 Å². The normalized spacial score (nSPS) is 10.1. The summed E-state index contributed by atoms with van der Waals surface area (Å²) in [5.41, 5.74) is 1.52. The van der Waals surface area contributed by atoms with Crippen molar-refractivity contribution in [3.05, 3.63) is 48.5 Å². The summed E-state index contributed by atoms with van der Waals surface area (Å²) in [6, 6.07) is 15.0. The molecule has 0 bridgehead atoms. The van der Waals surface area contributed by atoms with Gasteiger partial charge in [-0.15, -0.1) is 0 Å². The lowest BCUT2D eigenvalue weighted by atomic mass is 10.3. The third-order valence-electron chi connectivity index (χ3n) is 3.22. The number of carbonyl (C=O) groups excluding carboxylic acids is 1. The highest BCUT2D eigenvalue weighted by atomic mass is 16.5. The lowest BCUT2D eigenvalue weighted by Crippen LogP contribution is -2.22. The molecular formula is C19H24N2O3. The van der Waals surface area contributed by atoms with E-state index < -0.39 is 0 Å². The van der Waals surface area contributed by atoms with Crippen LogP contribution in [0.15, 0.2) is 48.5 Å². The van der Waals surface area contributed by atoms with Gasteiger partial charge in [-0.25, -0.2) is 0 Å². The Morgan fingerprint density at radius 2 is 1.88 bits per heavy atom. The lowest BCUT2D eigenvalue weighted by Gasteiger charge is -2.12. The molecule has 0 unspecified atom stereocenters. The smallest absolute Gasteiger partial charge is 0.243 e. The molecule has 0 saturated carbocycles. The molecule has 0 aliphatic rings. The van der Waals surface area contributed by atoms with Crippen molar-refractivity contribution in [3.8, 4) is 11.5 Å². The second-order valence-corrected chi connectivity index (χ2v) is 5.21. The van der Waals surface area contributed by atoms with Crippen LogP contribution in [0, 0.1) is 0 Å². The third kappa shape index (κ3) is 5.50. The van der Waals surface area contributed by atoms with E-state index >= 15 is 0 Å². The number of nitrogens with one attached hydrogen (secondary N) is 2. The molecule has 1 amide bonds. The Morgan fingerprint density at radius 3 is 2.67 bits per heavy atom. The van der Waals surface area contributed by atoms with Crippen LogP contribution in [-0.2, 0) is 4.79 Å². The third-order valence-corrected chi connectivity index (χ3v) is 3.22. The Hall–Kier alpha value is -2.69. The maximum Gasteiger partial charge on any atom is 0.243 e. The standard InChI is InChI=1S/C19H24N2O3/c1-3-12-24-16-9-7-8-15(13-16)20-14-19(22)21-17-10-5-6-11-18(17)23-4-2/h5-11,13,20H,3-4,12,14H2,1-2H3,(H,21,22). The van der Waals surface area contributed by atoms with Gasteiger partial charge in [0.25, 0.3) is 0 Å². The average Bonchev–Trinajstić information content (AvgIpc) is 2.60. The first-order chi connectivity index (χ1) is 11.7. The second-order valence-electron chi connectivity index (χ2n) is 5.21. The largest absolute Gasteiger partial charge is 0.494 e. The molecule has 0 spiro atoms. The molecule has 5 nitrogen and oxygen atoms in total. The molecule has 24 heavy (non-hydrogen) atoms. The van der Waals surface area contributed by atoms with Crippen LogP contribution >= 0.6 is 0 Å². The summed E-state index contributed by atoms with van der Waals surface area (Å²) in [5.74, 6) is 1.33. The van der Waals surface area contributed by atoms with Crippen LogP contribution in [0.4, 0.5) is 11.4 Å². The van der Waals surface area contributed by atoms with Crippen LogP contribution in [0.3, 0.4) is 0 Å². The number of amides is 1. The fraction of sp³-hybridized carbons (Fsp3) is 0.316. The number of rotatable bonds is 9. The number of hydrogen-bond acceptors (Lipinski definition) is 4. The number of anilines is 2. The average molecular weight is 328 g/mol. The van der Waals surface area contributed by atoms with Crippen molar-refractivity contribution in [1.29, 1.82) is 0 Å². The zero-order valence-corrected chi connectivity index (χ0v) is 14.2. The van der Waals surface area contributed by atoms with Gasteiger partial charge >= 0.3 is 0 Å². The highest BCUT2D eigenvalue weighted by molar-refractivity contribution is 5.95. The summed E-state index contributed by atoms with van der Waals surface area (Å²) in [4.78, 5) is 12.1. The molecule has 0 atom stereocenters. The van der Waals surface area contributed by atoms with Crippen molar-refractivity contribution in [2.75, 3.05) is 30.4 Å². The van der Waals surface area contributed by atoms with Gasteiger partial charge in [-0.2, -0.15) is 0 Å². The van der Waals surface area contributed by atoms with Crippen LogP contribution in [0.2, 0.25) is 0 Å². The van der Waals surface area contributed by atoms with Crippen LogP contribution in [0.1, 0.15) is 20.3 Å². The van der Waals surface area contributed by atoms with Gasteiger partial charge in [0.05, 0.1) is 25.4 Å². The second kappa shape index (κ2) is 9.45. The summed E-state index contributed by atoms with van der Waals surface area (Å²) in [7, 11) is 0. The fourth-order valence-corrected chi connectivity index (χ4v) is 2.14. The molecule has 0 aliphatic carbocycles. The number of ether oxygens (including phenoxy) is 2. The molecule has 2 rings (SSSR count). The molecule has 2 aromatic rings. The van der Waals surface area contributed by atoms with E-state index in [2.05, 4.69) is 17.6 Å². The lowest BCUT2D eigenvalue weighted by molar-refractivity contribution is -0.114. The Kier molecular flexibility index (Phi) is 6.95. The van der Waals surface area contributed by atoms with Crippen molar-refractivity contribution in [2.45, 2.75) is 20.3 Å². The molecule has 0 aliphatic heterocycles. The van der Waals surface area contributed by atoms with Gasteiger partial charge in [0.2, 0.25) is 5.91 Å². The summed E-state index contributed by atoms with van der Waals surface area (Å²) >= 11 is 0. The molecule has 0 heterocycles. The Balaban J connectivity index is 1.89. The molecule has 0 aromatic heterocycles. The number of benzene rings is 2. The van der Waals surface area contributed by atoms with E-state index in [1.165, 1.54) is 0 Å². The van der Waals surface area contributed by atoms with Crippen LogP contribution in [0.25, 0.3) is 0 Å². The molecule has 0 fully saturated rings. The highest BCUT2D eigenvalue weighted by Crippen LogP contribution is 2.23. The zero-order valence-electron chi connectivity index (χ0n) is 14.2. The molecule has 2 N–H and O–H groups in total. The number of para-hydroxylation sites is 2. The van der Waals surface area contributed by atoms with Crippen molar-refractivity contribution in [3.63, 3.8) is 0 Å². The minimum absolute atomic E-state index is 0.137. The molecule has 0 saturated heterocycles. The van der Waals surface area contributed by atoms with E-state index in [1.54, 1.807) is 0 Å².